The van der Waals surface area contributed by atoms with E-state index in [1.165, 1.54) is 0 Å². The van der Waals surface area contributed by atoms with Gasteiger partial charge < -0.3 is 10.5 Å². The molecule has 4 rings (SSSR count). The zero-order valence-corrected chi connectivity index (χ0v) is 17.9. The van der Waals surface area contributed by atoms with E-state index < -0.39 is 0 Å². The molecule has 29 heavy (non-hydrogen) atoms. The minimum atomic E-state index is 0. The Morgan fingerprint density at radius 1 is 1.31 bits per heavy atom. The fourth-order valence-corrected chi connectivity index (χ4v) is 3.83. The smallest absolute Gasteiger partial charge is 0.185 e. The number of nitrogens with zero attached hydrogens (tertiary/aromatic N) is 6. The van der Waals surface area contributed by atoms with Crippen LogP contribution >= 0.6 is 12.4 Å². The second-order valence-corrected chi connectivity index (χ2v) is 7.57. The van der Waals surface area contributed by atoms with Gasteiger partial charge in [0.1, 0.15) is 11.5 Å². The Morgan fingerprint density at radius 3 is 2.79 bits per heavy atom. The highest BCUT2D eigenvalue weighted by atomic mass is 35.5. The first-order valence-corrected chi connectivity index (χ1v) is 9.90. The third-order valence-electron chi connectivity index (χ3n) is 5.38. The van der Waals surface area contributed by atoms with E-state index in [1.807, 2.05) is 31.0 Å². The molecular formula is C19H29ClN8O. The van der Waals surface area contributed by atoms with Gasteiger partial charge in [-0.2, -0.15) is 10.2 Å². The molecule has 3 heterocycles. The van der Waals surface area contributed by atoms with Crippen molar-refractivity contribution in [3.8, 4) is 17.1 Å². The van der Waals surface area contributed by atoms with Gasteiger partial charge in [0.25, 0.3) is 0 Å². The van der Waals surface area contributed by atoms with Crippen LogP contribution in [0.2, 0.25) is 0 Å². The molecule has 0 aliphatic heterocycles. The molecule has 1 saturated carbocycles. The number of halogens is 1. The molecule has 0 saturated heterocycles. The summed E-state index contributed by atoms with van der Waals surface area (Å²) >= 11 is 0. The Hall–Kier alpha value is -2.23. The minimum absolute atomic E-state index is 0. The second-order valence-electron chi connectivity index (χ2n) is 7.57. The van der Waals surface area contributed by atoms with Crippen LogP contribution in [0, 0.1) is 6.92 Å². The number of aromatic amines is 1. The van der Waals surface area contributed by atoms with Crippen LogP contribution in [0.4, 0.5) is 0 Å². The zero-order valence-electron chi connectivity index (χ0n) is 17.1. The van der Waals surface area contributed by atoms with E-state index in [0.29, 0.717) is 5.82 Å². The van der Waals surface area contributed by atoms with Crippen LogP contribution in [0.25, 0.3) is 17.1 Å². The fraction of sp³-hybridized carbons (Fsp3) is 0.579. The van der Waals surface area contributed by atoms with Crippen molar-refractivity contribution in [1.82, 2.24) is 34.7 Å². The lowest BCUT2D eigenvalue weighted by atomic mass is 9.83. The van der Waals surface area contributed by atoms with Crippen molar-refractivity contribution in [2.24, 2.45) is 12.8 Å². The predicted molar refractivity (Wildman–Crippen MR) is 112 cm³/mol. The molecule has 0 spiro atoms. The molecule has 0 radical (unpaired) electrons. The summed E-state index contributed by atoms with van der Waals surface area (Å²) in [5.41, 5.74) is 9.08. The monoisotopic (exact) mass is 420 g/mol. The molecule has 0 unspecified atom stereocenters. The molecule has 9 nitrogen and oxygen atoms in total. The van der Waals surface area contributed by atoms with E-state index in [1.54, 1.807) is 10.9 Å². The maximum absolute atomic E-state index is 6.32. The predicted octanol–water partition coefficient (Wildman–Crippen LogP) is 2.51. The number of nitrogens with one attached hydrogen (secondary N) is 1. The van der Waals surface area contributed by atoms with E-state index in [2.05, 4.69) is 22.2 Å². The highest BCUT2D eigenvalue weighted by Crippen LogP contribution is 2.35. The molecule has 10 heteroatoms. The average molecular weight is 421 g/mol. The van der Waals surface area contributed by atoms with Crippen molar-refractivity contribution >= 4 is 12.4 Å². The van der Waals surface area contributed by atoms with Gasteiger partial charge in [-0.15, -0.1) is 17.5 Å². The van der Waals surface area contributed by atoms with Crippen molar-refractivity contribution in [3.05, 3.63) is 30.1 Å². The molecule has 3 atom stereocenters. The number of ether oxygens (including phenoxy) is 1. The van der Waals surface area contributed by atoms with Gasteiger partial charge in [-0.25, -0.2) is 9.67 Å². The summed E-state index contributed by atoms with van der Waals surface area (Å²) in [6, 6.07) is 0.0770. The summed E-state index contributed by atoms with van der Waals surface area (Å²) in [5, 5.41) is 16.2. The van der Waals surface area contributed by atoms with E-state index in [0.717, 1.165) is 55.1 Å². The number of nitrogens with two attached hydrogens (primary N) is 1. The Kier molecular flexibility index (Phi) is 6.71. The van der Waals surface area contributed by atoms with Gasteiger partial charge >= 0.3 is 0 Å². The summed E-state index contributed by atoms with van der Waals surface area (Å²) in [7, 11) is 1.90. The van der Waals surface area contributed by atoms with E-state index in [4.69, 9.17) is 20.6 Å². The van der Waals surface area contributed by atoms with Crippen LogP contribution in [0.3, 0.4) is 0 Å². The van der Waals surface area contributed by atoms with Crippen molar-refractivity contribution in [1.29, 1.82) is 0 Å². The molecule has 0 aromatic carbocycles. The lowest BCUT2D eigenvalue weighted by Crippen LogP contribution is -2.42. The van der Waals surface area contributed by atoms with Gasteiger partial charge in [-0.3, -0.25) is 9.78 Å². The minimum Gasteiger partial charge on any atom is -0.377 e. The van der Waals surface area contributed by atoms with Crippen LogP contribution in [0.15, 0.2) is 18.6 Å². The van der Waals surface area contributed by atoms with Gasteiger partial charge in [0.2, 0.25) is 0 Å². The first-order valence-electron chi connectivity index (χ1n) is 9.90. The normalized spacial score (nSPS) is 21.9. The lowest BCUT2D eigenvalue weighted by Gasteiger charge is -2.33. The molecule has 158 valence electrons. The molecule has 3 aromatic rings. The van der Waals surface area contributed by atoms with Gasteiger partial charge in [0, 0.05) is 31.3 Å². The maximum Gasteiger partial charge on any atom is 0.185 e. The third kappa shape index (κ3) is 4.36. The molecule has 0 amide bonds. The maximum atomic E-state index is 6.32. The standard InChI is InChI=1S/C19H28N8O.ClH/c1-4-7-28-17-8-13(5-6-16(17)20)19-23-18(15-10-21-24-12(15)2)25-27(19)14-9-22-26(3)11-14;/h9-11,13,16-17H,4-8,20H2,1-3H3,(H,21,24);1H/t13-,16-,17-;/m0./s1. The zero-order chi connectivity index (χ0) is 19.7. The third-order valence-corrected chi connectivity index (χ3v) is 5.38. The SMILES string of the molecule is CCCO[C@H]1C[C@@H](c2nc(-c3cn[nH]c3C)nn2-c2cnn(C)c2)CC[C@@H]1N.Cl. The number of H-pyrrole nitrogens is 1. The summed E-state index contributed by atoms with van der Waals surface area (Å²) in [6.45, 7) is 4.82. The molecular weight excluding hydrogens is 392 g/mol. The Morgan fingerprint density at radius 2 is 2.14 bits per heavy atom. The van der Waals surface area contributed by atoms with Crippen LogP contribution in [0.1, 0.15) is 50.0 Å². The Balaban J connectivity index is 0.00000240. The van der Waals surface area contributed by atoms with Crippen molar-refractivity contribution in [2.75, 3.05) is 6.61 Å². The number of hydrogen-bond donors (Lipinski definition) is 2. The summed E-state index contributed by atoms with van der Waals surface area (Å²) in [4.78, 5) is 4.92. The van der Waals surface area contributed by atoms with E-state index in [-0.39, 0.29) is 30.5 Å². The van der Waals surface area contributed by atoms with E-state index >= 15 is 0 Å². The van der Waals surface area contributed by atoms with Crippen LogP contribution in [0.5, 0.6) is 0 Å². The summed E-state index contributed by atoms with van der Waals surface area (Å²) in [6.07, 6.45) is 9.30. The highest BCUT2D eigenvalue weighted by Gasteiger charge is 2.33. The number of rotatable bonds is 6. The quantitative estimate of drug-likeness (QED) is 0.633. The number of hydrogen-bond acceptors (Lipinski definition) is 6. The second kappa shape index (κ2) is 9.06. The molecule has 1 aliphatic carbocycles. The highest BCUT2D eigenvalue weighted by molar-refractivity contribution is 5.85. The average Bonchev–Trinajstić information content (AvgIpc) is 3.40. The molecule has 1 fully saturated rings. The van der Waals surface area contributed by atoms with Crippen LogP contribution < -0.4 is 5.73 Å². The van der Waals surface area contributed by atoms with Gasteiger partial charge in [-0.1, -0.05) is 6.92 Å². The molecule has 3 N–H and O–H groups in total. The van der Waals surface area contributed by atoms with Gasteiger partial charge in [-0.05, 0) is 32.6 Å². The van der Waals surface area contributed by atoms with Gasteiger partial charge in [0.15, 0.2) is 5.82 Å². The molecule has 1 aliphatic rings. The number of aromatic nitrogens is 7. The fourth-order valence-electron chi connectivity index (χ4n) is 3.83. The van der Waals surface area contributed by atoms with Crippen molar-refractivity contribution in [3.63, 3.8) is 0 Å². The van der Waals surface area contributed by atoms with Crippen molar-refractivity contribution in [2.45, 2.75) is 57.6 Å². The Bertz CT molecular complexity index is 932. The number of aryl methyl sites for hydroxylation is 2. The lowest BCUT2D eigenvalue weighted by molar-refractivity contribution is 0.00884. The van der Waals surface area contributed by atoms with E-state index in [9.17, 15) is 0 Å². The molecule has 0 bridgehead atoms. The first kappa shape index (κ1) is 21.5. The van der Waals surface area contributed by atoms with Gasteiger partial charge in [0.05, 0.1) is 30.3 Å². The Labute approximate surface area is 176 Å². The first-order chi connectivity index (χ1) is 13.6. The topological polar surface area (TPSA) is 112 Å². The molecule has 3 aromatic heterocycles. The summed E-state index contributed by atoms with van der Waals surface area (Å²) < 4.78 is 9.71. The largest absolute Gasteiger partial charge is 0.377 e. The van der Waals surface area contributed by atoms with Crippen LogP contribution in [-0.4, -0.2) is 53.5 Å². The van der Waals surface area contributed by atoms with Crippen molar-refractivity contribution < 1.29 is 4.74 Å². The summed E-state index contributed by atoms with van der Waals surface area (Å²) in [5.74, 6) is 1.84. The van der Waals surface area contributed by atoms with Crippen LogP contribution in [-0.2, 0) is 11.8 Å².